The average molecular weight is 328 g/mol. The lowest BCUT2D eigenvalue weighted by molar-refractivity contribution is 0.161. The zero-order valence-electron chi connectivity index (χ0n) is 14.9. The fourth-order valence-electron chi connectivity index (χ4n) is 3.35. The molecule has 24 heavy (non-hydrogen) atoms. The van der Waals surface area contributed by atoms with Gasteiger partial charge in [-0.2, -0.15) is 5.10 Å². The van der Waals surface area contributed by atoms with Crippen molar-refractivity contribution >= 4 is 0 Å². The second-order valence-corrected chi connectivity index (χ2v) is 6.79. The molecule has 1 saturated heterocycles. The number of benzene rings is 1. The van der Waals surface area contributed by atoms with Crippen LogP contribution in [0.2, 0.25) is 0 Å². The topological polar surface area (TPSA) is 53.2 Å². The predicted molar refractivity (Wildman–Crippen MR) is 97.1 cm³/mol. The van der Waals surface area contributed by atoms with Crippen LogP contribution >= 0.6 is 0 Å². The second-order valence-electron chi connectivity index (χ2n) is 6.79. The third-order valence-corrected chi connectivity index (χ3v) is 4.92. The molecule has 0 atom stereocenters. The summed E-state index contributed by atoms with van der Waals surface area (Å²) in [5.74, 6) is 0.863. The first-order chi connectivity index (χ1) is 11.7. The number of ether oxygens (including phenoxy) is 1. The van der Waals surface area contributed by atoms with E-state index in [1.54, 1.807) is 7.11 Å². The highest BCUT2D eigenvalue weighted by atomic mass is 16.5. The second kappa shape index (κ2) is 7.81. The van der Waals surface area contributed by atoms with Gasteiger partial charge in [-0.15, -0.1) is 0 Å². The van der Waals surface area contributed by atoms with Crippen LogP contribution in [0.15, 0.2) is 30.5 Å². The maximum Gasteiger partial charge on any atom is 0.119 e. The molecule has 0 unspecified atom stereocenters. The number of rotatable bonds is 6. The minimum absolute atomic E-state index is 0.591. The van der Waals surface area contributed by atoms with E-state index in [4.69, 9.17) is 4.74 Å². The SMILES string of the molecule is COc1cccc(-c2[nH]ncc2CNC2CCN(C(C)C)CC2)c1. The standard InChI is InChI=1S/C19H28N4O/c1-14(2)23-9-7-17(8-10-23)20-12-16-13-21-22-19(16)15-5-4-6-18(11-15)24-3/h4-6,11,13-14,17,20H,7-10,12H2,1-3H3,(H,21,22). The van der Waals surface area contributed by atoms with Crippen molar-refractivity contribution in [1.29, 1.82) is 0 Å². The fourth-order valence-corrected chi connectivity index (χ4v) is 3.35. The Kier molecular flexibility index (Phi) is 5.53. The molecule has 0 radical (unpaired) electrons. The molecule has 1 aliphatic heterocycles. The van der Waals surface area contributed by atoms with Gasteiger partial charge >= 0.3 is 0 Å². The number of hydrogen-bond acceptors (Lipinski definition) is 4. The highest BCUT2D eigenvalue weighted by molar-refractivity contribution is 5.64. The van der Waals surface area contributed by atoms with Gasteiger partial charge in [-0.3, -0.25) is 5.10 Å². The van der Waals surface area contributed by atoms with Crippen LogP contribution in [0.25, 0.3) is 11.3 Å². The highest BCUT2D eigenvalue weighted by Gasteiger charge is 2.20. The van der Waals surface area contributed by atoms with Crippen molar-refractivity contribution in [2.24, 2.45) is 0 Å². The van der Waals surface area contributed by atoms with Gasteiger partial charge in [-0.25, -0.2) is 0 Å². The van der Waals surface area contributed by atoms with Crippen LogP contribution in [0.5, 0.6) is 5.75 Å². The van der Waals surface area contributed by atoms with E-state index in [1.165, 1.54) is 31.5 Å². The van der Waals surface area contributed by atoms with Crippen LogP contribution < -0.4 is 10.1 Å². The minimum atomic E-state index is 0.591. The van der Waals surface area contributed by atoms with Crippen molar-refractivity contribution in [2.75, 3.05) is 20.2 Å². The molecule has 3 rings (SSSR count). The number of likely N-dealkylation sites (tertiary alicyclic amines) is 1. The monoisotopic (exact) mass is 328 g/mol. The number of piperidine rings is 1. The van der Waals surface area contributed by atoms with Crippen molar-refractivity contribution in [2.45, 2.75) is 45.3 Å². The summed E-state index contributed by atoms with van der Waals surface area (Å²) in [5.41, 5.74) is 3.38. The predicted octanol–water partition coefficient (Wildman–Crippen LogP) is 3.05. The molecule has 1 fully saturated rings. The highest BCUT2D eigenvalue weighted by Crippen LogP contribution is 2.25. The van der Waals surface area contributed by atoms with E-state index in [2.05, 4.69) is 40.3 Å². The first-order valence-electron chi connectivity index (χ1n) is 8.81. The van der Waals surface area contributed by atoms with E-state index < -0.39 is 0 Å². The van der Waals surface area contributed by atoms with Crippen LogP contribution in [-0.4, -0.2) is 47.4 Å². The van der Waals surface area contributed by atoms with Crippen molar-refractivity contribution in [3.63, 3.8) is 0 Å². The number of aromatic amines is 1. The molecule has 1 aromatic carbocycles. The van der Waals surface area contributed by atoms with Gasteiger partial charge in [0.1, 0.15) is 5.75 Å². The summed E-state index contributed by atoms with van der Waals surface area (Å²) in [4.78, 5) is 2.55. The van der Waals surface area contributed by atoms with Crippen molar-refractivity contribution < 1.29 is 4.74 Å². The first-order valence-corrected chi connectivity index (χ1v) is 8.81. The average Bonchev–Trinajstić information content (AvgIpc) is 3.09. The Morgan fingerprint density at radius 2 is 2.12 bits per heavy atom. The van der Waals surface area contributed by atoms with Gasteiger partial charge in [0.2, 0.25) is 0 Å². The molecule has 0 amide bonds. The number of aromatic nitrogens is 2. The van der Waals surface area contributed by atoms with E-state index >= 15 is 0 Å². The molecule has 1 aliphatic rings. The molecule has 0 spiro atoms. The third kappa shape index (κ3) is 3.97. The van der Waals surface area contributed by atoms with E-state index in [0.29, 0.717) is 12.1 Å². The summed E-state index contributed by atoms with van der Waals surface area (Å²) in [5, 5.41) is 11.1. The molecule has 1 aromatic heterocycles. The molecular formula is C19H28N4O. The van der Waals surface area contributed by atoms with Gasteiger partial charge in [0.25, 0.3) is 0 Å². The minimum Gasteiger partial charge on any atom is -0.497 e. The molecule has 5 heteroatoms. The van der Waals surface area contributed by atoms with E-state index in [9.17, 15) is 0 Å². The first kappa shape index (κ1) is 17.0. The Hall–Kier alpha value is -1.85. The Morgan fingerprint density at radius 3 is 2.83 bits per heavy atom. The van der Waals surface area contributed by atoms with Crippen LogP contribution in [0, 0.1) is 0 Å². The van der Waals surface area contributed by atoms with Gasteiger partial charge in [0.05, 0.1) is 19.0 Å². The smallest absolute Gasteiger partial charge is 0.119 e. The van der Waals surface area contributed by atoms with E-state index in [1.807, 2.05) is 24.4 Å². The van der Waals surface area contributed by atoms with Gasteiger partial charge < -0.3 is 15.0 Å². The van der Waals surface area contributed by atoms with Crippen molar-refractivity contribution in [3.05, 3.63) is 36.0 Å². The van der Waals surface area contributed by atoms with E-state index in [-0.39, 0.29) is 0 Å². The fraction of sp³-hybridized carbons (Fsp3) is 0.526. The Bertz CT molecular complexity index is 644. The number of nitrogens with zero attached hydrogens (tertiary/aromatic N) is 2. The molecule has 2 N–H and O–H groups in total. The quantitative estimate of drug-likeness (QED) is 0.856. The van der Waals surface area contributed by atoms with Gasteiger partial charge in [-0.05, 0) is 51.9 Å². The molecule has 0 saturated carbocycles. The zero-order chi connectivity index (χ0) is 16.9. The summed E-state index contributed by atoms with van der Waals surface area (Å²) in [6, 6.07) is 9.33. The van der Waals surface area contributed by atoms with Crippen LogP contribution in [-0.2, 0) is 6.54 Å². The largest absolute Gasteiger partial charge is 0.497 e. The van der Waals surface area contributed by atoms with Crippen molar-refractivity contribution in [1.82, 2.24) is 20.4 Å². The molecule has 2 heterocycles. The summed E-state index contributed by atoms with van der Waals surface area (Å²) >= 11 is 0. The Balaban J connectivity index is 1.60. The Labute approximate surface area is 144 Å². The van der Waals surface area contributed by atoms with Crippen molar-refractivity contribution in [3.8, 4) is 17.0 Å². The molecule has 5 nitrogen and oxygen atoms in total. The van der Waals surface area contributed by atoms with Gasteiger partial charge in [0, 0.05) is 29.8 Å². The number of hydrogen-bond donors (Lipinski definition) is 2. The molecule has 0 aliphatic carbocycles. The van der Waals surface area contributed by atoms with Gasteiger partial charge in [-0.1, -0.05) is 12.1 Å². The number of methoxy groups -OCH3 is 1. The zero-order valence-corrected chi connectivity index (χ0v) is 14.9. The summed E-state index contributed by atoms with van der Waals surface area (Å²) in [6.07, 6.45) is 4.35. The normalized spacial score (nSPS) is 16.7. The van der Waals surface area contributed by atoms with Crippen LogP contribution in [0.3, 0.4) is 0 Å². The number of nitrogens with one attached hydrogen (secondary N) is 2. The van der Waals surface area contributed by atoms with Crippen LogP contribution in [0.4, 0.5) is 0 Å². The third-order valence-electron chi connectivity index (χ3n) is 4.92. The summed E-state index contributed by atoms with van der Waals surface area (Å²) < 4.78 is 5.32. The lowest BCUT2D eigenvalue weighted by Gasteiger charge is -2.35. The lowest BCUT2D eigenvalue weighted by Crippen LogP contribution is -2.44. The molecule has 2 aromatic rings. The van der Waals surface area contributed by atoms with E-state index in [0.717, 1.165) is 23.6 Å². The Morgan fingerprint density at radius 1 is 1.33 bits per heavy atom. The summed E-state index contributed by atoms with van der Waals surface area (Å²) in [7, 11) is 1.69. The molecular weight excluding hydrogens is 300 g/mol. The van der Waals surface area contributed by atoms with Gasteiger partial charge in [0.15, 0.2) is 0 Å². The lowest BCUT2D eigenvalue weighted by atomic mass is 10.0. The van der Waals surface area contributed by atoms with Crippen LogP contribution in [0.1, 0.15) is 32.3 Å². The maximum atomic E-state index is 5.32. The maximum absolute atomic E-state index is 5.32. The summed E-state index contributed by atoms with van der Waals surface area (Å²) in [6.45, 7) is 7.77. The number of H-pyrrole nitrogens is 1. The molecule has 0 bridgehead atoms. The molecule has 130 valence electrons.